The number of rotatable bonds is 1. The van der Waals surface area contributed by atoms with Gasteiger partial charge in [0.15, 0.2) is 0 Å². The van der Waals surface area contributed by atoms with Gasteiger partial charge in [-0.25, -0.2) is 0 Å². The minimum absolute atomic E-state index is 1.73. The molecule has 0 radical (unpaired) electrons. The third kappa shape index (κ3) is 4.66. The van der Waals surface area contributed by atoms with E-state index in [9.17, 15) is 0 Å². The van der Waals surface area contributed by atoms with Crippen LogP contribution in [-0.2, 0) is 3.97 Å². The normalized spacial score (nSPS) is 15.0. The van der Waals surface area contributed by atoms with Crippen molar-refractivity contribution in [1.29, 1.82) is 0 Å². The maximum atomic E-state index is 7.91. The SMILES string of the molecule is NP(O)OS. The lowest BCUT2D eigenvalue weighted by Crippen LogP contribution is -1.81. The van der Waals surface area contributed by atoms with E-state index in [2.05, 4.69) is 22.4 Å². The zero-order chi connectivity index (χ0) is 4.28. The first-order chi connectivity index (χ1) is 2.27. The van der Waals surface area contributed by atoms with Gasteiger partial charge in [-0.05, 0) is 12.9 Å². The van der Waals surface area contributed by atoms with Crippen LogP contribution in [0.15, 0.2) is 0 Å². The van der Waals surface area contributed by atoms with E-state index in [1.165, 1.54) is 0 Å². The molecule has 3 nitrogen and oxygen atoms in total. The van der Waals surface area contributed by atoms with Crippen molar-refractivity contribution < 1.29 is 8.86 Å². The minimum Gasteiger partial charge on any atom is -0.337 e. The van der Waals surface area contributed by atoms with Crippen molar-refractivity contribution in [2.75, 3.05) is 0 Å². The van der Waals surface area contributed by atoms with Gasteiger partial charge < -0.3 is 4.89 Å². The van der Waals surface area contributed by atoms with Crippen LogP contribution in [0.25, 0.3) is 0 Å². The molecule has 1 unspecified atom stereocenters. The van der Waals surface area contributed by atoms with Crippen molar-refractivity contribution in [1.82, 2.24) is 0 Å². The summed E-state index contributed by atoms with van der Waals surface area (Å²) in [5, 5.41) is 0. The molecular formula is H4NO2PS. The maximum absolute atomic E-state index is 7.91. The largest absolute Gasteiger partial charge is 0.337 e. The second kappa shape index (κ2) is 2.87. The van der Waals surface area contributed by atoms with Crippen molar-refractivity contribution in [3.8, 4) is 0 Å². The zero-order valence-corrected chi connectivity index (χ0v) is 4.12. The van der Waals surface area contributed by atoms with E-state index in [-0.39, 0.29) is 0 Å². The van der Waals surface area contributed by atoms with Gasteiger partial charge in [0, 0.05) is 0 Å². The molecule has 1 atom stereocenters. The predicted octanol–water partition coefficient (Wildman–Crippen LogP) is 0.0257. The molecule has 0 rings (SSSR count). The summed E-state index contributed by atoms with van der Waals surface area (Å²) in [6, 6.07) is 0. The zero-order valence-electron chi connectivity index (χ0n) is 2.33. The highest BCUT2D eigenvalue weighted by atomic mass is 32.1. The highest BCUT2D eigenvalue weighted by Crippen LogP contribution is 2.20. The Balaban J connectivity index is 2.54. The van der Waals surface area contributed by atoms with E-state index >= 15 is 0 Å². The molecule has 5 heavy (non-hydrogen) atoms. The molecule has 5 heteroatoms. The molecule has 0 saturated heterocycles. The molecule has 0 amide bonds. The van der Waals surface area contributed by atoms with E-state index in [4.69, 9.17) is 4.89 Å². The third-order valence-electron chi connectivity index (χ3n) is 0.0837. The van der Waals surface area contributed by atoms with Crippen LogP contribution in [0.2, 0.25) is 0 Å². The monoisotopic (exact) mass is 113 g/mol. The van der Waals surface area contributed by atoms with Gasteiger partial charge in [-0.2, -0.15) is 0 Å². The summed E-state index contributed by atoms with van der Waals surface area (Å²) in [4.78, 5) is 7.91. The highest BCUT2D eigenvalue weighted by molar-refractivity contribution is 7.80. The number of hydrogen-bond donors (Lipinski definition) is 3. The Labute approximate surface area is 36.7 Å². The average Bonchev–Trinajstić information content (AvgIpc) is 1.38. The lowest BCUT2D eigenvalue weighted by Gasteiger charge is -1.89. The first kappa shape index (κ1) is 5.66. The van der Waals surface area contributed by atoms with Crippen LogP contribution in [0.1, 0.15) is 0 Å². The number of hydrogen-bond acceptors (Lipinski definition) is 4. The second-order valence-corrected chi connectivity index (χ2v) is 1.64. The molecule has 0 bridgehead atoms. The van der Waals surface area contributed by atoms with E-state index in [1.807, 2.05) is 0 Å². The van der Waals surface area contributed by atoms with E-state index in [0.29, 0.717) is 0 Å². The van der Waals surface area contributed by atoms with Gasteiger partial charge in [0.1, 0.15) is 0 Å². The lowest BCUT2D eigenvalue weighted by molar-refractivity contribution is 0.531. The molecule has 32 valence electrons. The van der Waals surface area contributed by atoms with Gasteiger partial charge in [-0.1, -0.05) is 0 Å². The number of nitrogens with two attached hydrogens (primary N) is 1. The molecule has 0 saturated carbocycles. The standard InChI is InChI=1S/H4NO2PS/c1-4(2)3-5/h2,5H,1H2. The van der Waals surface area contributed by atoms with Gasteiger partial charge in [0.25, 0.3) is 8.53 Å². The van der Waals surface area contributed by atoms with Gasteiger partial charge >= 0.3 is 0 Å². The van der Waals surface area contributed by atoms with Crippen LogP contribution >= 0.6 is 21.4 Å². The Bertz CT molecular complexity index is 23.6. The molecule has 0 heterocycles. The van der Waals surface area contributed by atoms with Crippen LogP contribution in [0, 0.1) is 0 Å². The highest BCUT2D eigenvalue weighted by Gasteiger charge is 1.84. The van der Waals surface area contributed by atoms with Crippen LogP contribution < -0.4 is 5.50 Å². The quantitative estimate of drug-likeness (QED) is 0.255. The second-order valence-electron chi connectivity index (χ2n) is 0.384. The van der Waals surface area contributed by atoms with Crippen molar-refractivity contribution in [3.05, 3.63) is 0 Å². The van der Waals surface area contributed by atoms with E-state index in [1.54, 1.807) is 0 Å². The first-order valence-electron chi connectivity index (χ1n) is 0.823. The Morgan fingerprint density at radius 1 is 2.00 bits per heavy atom. The molecule has 3 N–H and O–H groups in total. The molecular weight excluding hydrogens is 109 g/mol. The smallest absolute Gasteiger partial charge is 0.261 e. The summed E-state index contributed by atoms with van der Waals surface area (Å²) >= 11 is 3.17. The van der Waals surface area contributed by atoms with Crippen LogP contribution in [0.3, 0.4) is 0 Å². The summed E-state index contributed by atoms with van der Waals surface area (Å²) in [7, 11) is -1.73. The average molecular weight is 113 g/mol. The summed E-state index contributed by atoms with van der Waals surface area (Å²) < 4.78 is 3.84. The summed E-state index contributed by atoms with van der Waals surface area (Å²) in [6.45, 7) is 0. The van der Waals surface area contributed by atoms with Gasteiger partial charge in [0.05, 0.1) is 0 Å². The fourth-order valence-electron chi connectivity index (χ4n) is 0. The molecule has 0 aliphatic heterocycles. The Morgan fingerprint density at radius 3 is 2.20 bits per heavy atom. The van der Waals surface area contributed by atoms with Crippen molar-refractivity contribution >= 4 is 21.4 Å². The minimum atomic E-state index is -1.73. The van der Waals surface area contributed by atoms with E-state index < -0.39 is 8.53 Å². The molecule has 0 aliphatic rings. The third-order valence-corrected chi connectivity index (χ3v) is 0.753. The fraction of sp³-hybridized carbons (Fsp3) is 0. The first-order valence-corrected chi connectivity index (χ1v) is 2.47. The predicted molar refractivity (Wildman–Crippen MR) is 23.4 cm³/mol. The Morgan fingerprint density at radius 2 is 2.20 bits per heavy atom. The summed E-state index contributed by atoms with van der Waals surface area (Å²) in [5.41, 5.74) is 4.61. The van der Waals surface area contributed by atoms with Crippen molar-refractivity contribution in [2.24, 2.45) is 5.50 Å². The van der Waals surface area contributed by atoms with Crippen LogP contribution in [0.5, 0.6) is 0 Å². The molecule has 0 aliphatic carbocycles. The van der Waals surface area contributed by atoms with Crippen LogP contribution in [-0.4, -0.2) is 4.89 Å². The van der Waals surface area contributed by atoms with Crippen molar-refractivity contribution in [2.45, 2.75) is 0 Å². The lowest BCUT2D eigenvalue weighted by atomic mass is 13.9. The van der Waals surface area contributed by atoms with Gasteiger partial charge in [0.2, 0.25) is 0 Å². The molecule has 0 aromatic rings. The Kier molecular flexibility index (Phi) is 3.25. The fourth-order valence-corrected chi connectivity index (χ4v) is 0. The number of thiol groups is 1. The molecule has 0 fully saturated rings. The van der Waals surface area contributed by atoms with Gasteiger partial charge in [-0.15, -0.1) is 0 Å². The molecule has 0 aromatic carbocycles. The Hall–Kier alpha value is 0.660. The van der Waals surface area contributed by atoms with Gasteiger partial charge in [-0.3, -0.25) is 9.47 Å². The maximum Gasteiger partial charge on any atom is 0.261 e. The van der Waals surface area contributed by atoms with Crippen LogP contribution in [0.4, 0.5) is 0 Å². The summed E-state index contributed by atoms with van der Waals surface area (Å²) in [5.74, 6) is 0. The topological polar surface area (TPSA) is 55.5 Å². The molecule has 0 spiro atoms. The van der Waals surface area contributed by atoms with Crippen molar-refractivity contribution in [3.63, 3.8) is 0 Å². The van der Waals surface area contributed by atoms with E-state index in [0.717, 1.165) is 0 Å². The molecule has 0 aromatic heterocycles. The summed E-state index contributed by atoms with van der Waals surface area (Å²) in [6.07, 6.45) is 0.